The zero-order chi connectivity index (χ0) is 22.9. The van der Waals surface area contributed by atoms with Crippen molar-refractivity contribution in [2.75, 3.05) is 11.1 Å². The summed E-state index contributed by atoms with van der Waals surface area (Å²) in [5.74, 6) is -1.07. The third-order valence-electron chi connectivity index (χ3n) is 4.20. The Bertz CT molecular complexity index is 1130. The number of primary amides is 1. The fraction of sp³-hybridized carbons (Fsp3) is 0.0417. The Balaban J connectivity index is 1.79. The topological polar surface area (TPSA) is 101 Å². The van der Waals surface area contributed by atoms with Gasteiger partial charge in [0.25, 0.3) is 11.8 Å². The molecular weight excluding hydrogens is 490 g/mol. The molecule has 3 rings (SSSR count). The maximum atomic E-state index is 13.0. The molecule has 3 aromatic rings. The first-order valence-corrected chi connectivity index (χ1v) is 11.3. The molecule has 0 aliphatic rings. The second kappa shape index (κ2) is 11.3. The van der Waals surface area contributed by atoms with E-state index in [9.17, 15) is 14.4 Å². The summed E-state index contributed by atoms with van der Waals surface area (Å²) in [6, 6.07) is 23.0. The van der Waals surface area contributed by atoms with Gasteiger partial charge in [0.1, 0.15) is 5.70 Å². The molecule has 4 N–H and O–H groups in total. The molecule has 0 saturated carbocycles. The molecule has 0 atom stereocenters. The van der Waals surface area contributed by atoms with Gasteiger partial charge in [-0.3, -0.25) is 14.4 Å². The Labute approximate surface area is 198 Å². The van der Waals surface area contributed by atoms with Crippen LogP contribution in [0, 0.1) is 0 Å². The Kier molecular flexibility index (Phi) is 8.24. The summed E-state index contributed by atoms with van der Waals surface area (Å²) in [6.07, 6.45) is 1.61. The number of carbonyl (C=O) groups excluding carboxylic acids is 3. The molecule has 0 aliphatic heterocycles. The van der Waals surface area contributed by atoms with Crippen molar-refractivity contribution in [1.29, 1.82) is 0 Å². The maximum Gasteiger partial charge on any atom is 0.272 e. The predicted molar refractivity (Wildman–Crippen MR) is 131 cm³/mol. The number of hydrogen-bond donors (Lipinski definition) is 3. The van der Waals surface area contributed by atoms with Crippen LogP contribution in [0.4, 0.5) is 5.69 Å². The standard InChI is InChI=1S/C24H20BrN3O3S/c25-18-8-6-16(7-9-18)14-21(28-23(30)17-4-2-1-3-5-17)24(31)27-19-10-12-20(13-11-19)32-15-22(26)29/h1-14H,15H2,(H2,26,29)(H,27,31)(H,28,30)/b21-14-. The van der Waals surface area contributed by atoms with Crippen molar-refractivity contribution in [3.8, 4) is 0 Å². The molecule has 3 aromatic carbocycles. The molecule has 0 fully saturated rings. The molecule has 162 valence electrons. The van der Waals surface area contributed by atoms with Crippen molar-refractivity contribution in [1.82, 2.24) is 5.32 Å². The number of benzene rings is 3. The maximum absolute atomic E-state index is 13.0. The van der Waals surface area contributed by atoms with Gasteiger partial charge in [-0.05, 0) is 60.2 Å². The van der Waals surface area contributed by atoms with Crippen LogP contribution in [0.3, 0.4) is 0 Å². The van der Waals surface area contributed by atoms with Crippen LogP contribution in [0.5, 0.6) is 0 Å². The molecule has 3 amide bonds. The molecule has 6 nitrogen and oxygen atoms in total. The molecular formula is C24H20BrN3O3S. The highest BCUT2D eigenvalue weighted by molar-refractivity contribution is 9.10. The summed E-state index contributed by atoms with van der Waals surface area (Å²) in [5.41, 5.74) is 7.01. The van der Waals surface area contributed by atoms with Crippen molar-refractivity contribution in [2.24, 2.45) is 5.73 Å². The monoisotopic (exact) mass is 509 g/mol. The Hall–Kier alpha value is -3.36. The van der Waals surface area contributed by atoms with Crippen LogP contribution in [0.1, 0.15) is 15.9 Å². The minimum atomic E-state index is -0.463. The van der Waals surface area contributed by atoms with Crippen LogP contribution in [0.15, 0.2) is 93.9 Å². The lowest BCUT2D eigenvalue weighted by molar-refractivity contribution is -0.115. The lowest BCUT2D eigenvalue weighted by atomic mass is 10.1. The molecule has 0 aliphatic carbocycles. The summed E-state index contributed by atoms with van der Waals surface area (Å²) in [6.45, 7) is 0. The highest BCUT2D eigenvalue weighted by Crippen LogP contribution is 2.20. The van der Waals surface area contributed by atoms with E-state index in [-0.39, 0.29) is 17.4 Å². The summed E-state index contributed by atoms with van der Waals surface area (Å²) < 4.78 is 0.906. The van der Waals surface area contributed by atoms with Crippen LogP contribution in [-0.4, -0.2) is 23.5 Å². The largest absolute Gasteiger partial charge is 0.369 e. The molecule has 32 heavy (non-hydrogen) atoms. The lowest BCUT2D eigenvalue weighted by Gasteiger charge is -2.12. The zero-order valence-electron chi connectivity index (χ0n) is 16.9. The third kappa shape index (κ3) is 7.11. The van der Waals surface area contributed by atoms with Gasteiger partial charge in [0.05, 0.1) is 5.75 Å². The second-order valence-electron chi connectivity index (χ2n) is 6.66. The van der Waals surface area contributed by atoms with Gasteiger partial charge in [0, 0.05) is 20.6 Å². The number of anilines is 1. The van der Waals surface area contributed by atoms with Crippen molar-refractivity contribution >= 4 is 57.2 Å². The van der Waals surface area contributed by atoms with Gasteiger partial charge in [-0.15, -0.1) is 11.8 Å². The summed E-state index contributed by atoms with van der Waals surface area (Å²) >= 11 is 4.70. The third-order valence-corrected chi connectivity index (χ3v) is 5.77. The first kappa shape index (κ1) is 23.3. The molecule has 0 bridgehead atoms. The zero-order valence-corrected chi connectivity index (χ0v) is 19.3. The van der Waals surface area contributed by atoms with Crippen molar-refractivity contribution in [3.63, 3.8) is 0 Å². The number of rotatable bonds is 8. The van der Waals surface area contributed by atoms with E-state index in [1.54, 1.807) is 54.6 Å². The molecule has 0 spiro atoms. The van der Waals surface area contributed by atoms with E-state index >= 15 is 0 Å². The van der Waals surface area contributed by atoms with E-state index in [0.717, 1.165) is 14.9 Å². The smallest absolute Gasteiger partial charge is 0.272 e. The average molecular weight is 510 g/mol. The van der Waals surface area contributed by atoms with Gasteiger partial charge in [0.2, 0.25) is 5.91 Å². The molecule has 0 unspecified atom stereocenters. The van der Waals surface area contributed by atoms with Gasteiger partial charge in [-0.1, -0.05) is 46.3 Å². The van der Waals surface area contributed by atoms with Gasteiger partial charge >= 0.3 is 0 Å². The van der Waals surface area contributed by atoms with E-state index in [4.69, 9.17) is 5.73 Å². The number of halogens is 1. The number of nitrogens with two attached hydrogens (primary N) is 1. The SMILES string of the molecule is NC(=O)CSc1ccc(NC(=O)/C(=C/c2ccc(Br)cc2)NC(=O)c2ccccc2)cc1. The van der Waals surface area contributed by atoms with Crippen LogP contribution >= 0.6 is 27.7 Å². The second-order valence-corrected chi connectivity index (χ2v) is 8.63. The minimum Gasteiger partial charge on any atom is -0.369 e. The highest BCUT2D eigenvalue weighted by Gasteiger charge is 2.15. The van der Waals surface area contributed by atoms with E-state index < -0.39 is 11.8 Å². The number of amides is 3. The predicted octanol–water partition coefficient (Wildman–Crippen LogP) is 4.44. The van der Waals surface area contributed by atoms with Crippen LogP contribution in [-0.2, 0) is 9.59 Å². The highest BCUT2D eigenvalue weighted by atomic mass is 79.9. The minimum absolute atomic E-state index is 0.105. The molecule has 8 heteroatoms. The van der Waals surface area contributed by atoms with E-state index in [1.807, 2.05) is 30.3 Å². The van der Waals surface area contributed by atoms with Crippen molar-refractivity contribution in [3.05, 3.63) is 100 Å². The normalized spacial score (nSPS) is 11.0. The van der Waals surface area contributed by atoms with Crippen molar-refractivity contribution < 1.29 is 14.4 Å². The number of thioether (sulfide) groups is 1. The molecule has 0 aromatic heterocycles. The Morgan fingerprint density at radius 1 is 0.906 bits per heavy atom. The van der Waals surface area contributed by atoms with E-state index in [1.165, 1.54) is 11.8 Å². The van der Waals surface area contributed by atoms with Gasteiger partial charge in [-0.25, -0.2) is 0 Å². The summed E-state index contributed by atoms with van der Waals surface area (Å²) in [5, 5.41) is 5.49. The summed E-state index contributed by atoms with van der Waals surface area (Å²) in [7, 11) is 0. The van der Waals surface area contributed by atoms with Crippen LogP contribution in [0.25, 0.3) is 6.08 Å². The molecule has 0 saturated heterocycles. The van der Waals surface area contributed by atoms with Crippen LogP contribution in [0.2, 0.25) is 0 Å². The first-order chi connectivity index (χ1) is 15.4. The fourth-order valence-electron chi connectivity index (χ4n) is 2.66. The Morgan fingerprint density at radius 3 is 2.19 bits per heavy atom. The summed E-state index contributed by atoms with van der Waals surface area (Å²) in [4.78, 5) is 37.4. The number of carbonyl (C=O) groups is 3. The van der Waals surface area contributed by atoms with Crippen LogP contribution < -0.4 is 16.4 Å². The quantitative estimate of drug-likeness (QED) is 0.308. The number of nitrogens with one attached hydrogen (secondary N) is 2. The van der Waals surface area contributed by atoms with Gasteiger partial charge < -0.3 is 16.4 Å². The van der Waals surface area contributed by atoms with E-state index in [0.29, 0.717) is 11.3 Å². The van der Waals surface area contributed by atoms with Gasteiger partial charge in [0.15, 0.2) is 0 Å². The lowest BCUT2D eigenvalue weighted by Crippen LogP contribution is -2.30. The van der Waals surface area contributed by atoms with E-state index in [2.05, 4.69) is 26.6 Å². The average Bonchev–Trinajstić information content (AvgIpc) is 2.80. The van der Waals surface area contributed by atoms with Crippen molar-refractivity contribution in [2.45, 2.75) is 4.90 Å². The Morgan fingerprint density at radius 2 is 1.56 bits per heavy atom. The fourth-order valence-corrected chi connectivity index (χ4v) is 3.56. The first-order valence-electron chi connectivity index (χ1n) is 9.57. The number of hydrogen-bond acceptors (Lipinski definition) is 4. The molecule has 0 radical (unpaired) electrons. The van der Waals surface area contributed by atoms with Gasteiger partial charge in [-0.2, -0.15) is 0 Å². The molecule has 0 heterocycles.